The van der Waals surface area contributed by atoms with Gasteiger partial charge in [0.05, 0.1) is 0 Å². The molecule has 0 aliphatic carbocycles. The Morgan fingerprint density at radius 1 is 1.12 bits per heavy atom. The van der Waals surface area contributed by atoms with Gasteiger partial charge in [0.2, 0.25) is 5.91 Å². The molecule has 25 heavy (non-hydrogen) atoms. The second kappa shape index (κ2) is 6.37. The quantitative estimate of drug-likeness (QED) is 0.528. The topological polar surface area (TPSA) is 62.4 Å². The van der Waals surface area contributed by atoms with Crippen LogP contribution in [0.15, 0.2) is 53.0 Å². The summed E-state index contributed by atoms with van der Waals surface area (Å²) in [6, 6.07) is 14.5. The molecule has 0 radical (unpaired) electrons. The number of ether oxygens (including phenoxy) is 1. The molecule has 126 valence electrons. The first-order valence-corrected chi connectivity index (χ1v) is 8.80. The van der Waals surface area contributed by atoms with Gasteiger partial charge in [-0.2, -0.15) is 0 Å². The number of carbonyl (C=O) groups is 2. The predicted molar refractivity (Wildman–Crippen MR) is 99.0 cm³/mol. The summed E-state index contributed by atoms with van der Waals surface area (Å²) in [7, 11) is 0. The Bertz CT molecular complexity index is 962. The molecule has 1 saturated heterocycles. The van der Waals surface area contributed by atoms with Gasteiger partial charge in [0.25, 0.3) is 0 Å². The Morgan fingerprint density at radius 3 is 2.64 bits per heavy atom. The van der Waals surface area contributed by atoms with E-state index in [0.29, 0.717) is 17.9 Å². The monoisotopic (exact) mass is 398 g/mol. The average molecular weight is 399 g/mol. The van der Waals surface area contributed by atoms with E-state index in [0.717, 1.165) is 34.0 Å². The highest BCUT2D eigenvalue weighted by Crippen LogP contribution is 2.25. The molecule has 2 heterocycles. The van der Waals surface area contributed by atoms with Gasteiger partial charge in [-0.15, -0.1) is 0 Å². The molecule has 3 aromatic rings. The molecule has 2 aromatic carbocycles. The number of fused-ring (bicyclic) bond motifs is 1. The highest BCUT2D eigenvalue weighted by Gasteiger charge is 2.21. The van der Waals surface area contributed by atoms with Gasteiger partial charge < -0.3 is 14.6 Å². The minimum Gasteiger partial charge on any atom is -0.422 e. The summed E-state index contributed by atoms with van der Waals surface area (Å²) in [6.45, 7) is 0.739. The molecule has 0 unspecified atom stereocenters. The maximum absolute atomic E-state index is 12.3. The fourth-order valence-electron chi connectivity index (χ4n) is 2.99. The first kappa shape index (κ1) is 15.9. The number of hydrogen-bond donors (Lipinski definition) is 1. The Morgan fingerprint density at radius 2 is 1.92 bits per heavy atom. The zero-order valence-electron chi connectivity index (χ0n) is 13.3. The molecule has 0 atom stereocenters. The predicted octanol–water partition coefficient (Wildman–Crippen LogP) is 4.28. The van der Waals surface area contributed by atoms with Crippen molar-refractivity contribution in [3.63, 3.8) is 0 Å². The summed E-state index contributed by atoms with van der Waals surface area (Å²) >= 11 is 3.41. The maximum atomic E-state index is 12.3. The van der Waals surface area contributed by atoms with Gasteiger partial charge in [0, 0.05) is 34.0 Å². The van der Waals surface area contributed by atoms with Crippen LogP contribution in [0.2, 0.25) is 0 Å². The molecule has 1 N–H and O–H groups in total. The molecule has 0 saturated carbocycles. The maximum Gasteiger partial charge on any atom is 0.360 e. The van der Waals surface area contributed by atoms with E-state index in [1.54, 1.807) is 35.2 Å². The van der Waals surface area contributed by atoms with E-state index in [-0.39, 0.29) is 5.91 Å². The summed E-state index contributed by atoms with van der Waals surface area (Å²) in [5.41, 5.74) is 2.09. The van der Waals surface area contributed by atoms with Gasteiger partial charge in [-0.05, 0) is 48.9 Å². The number of nitrogens with one attached hydrogen (secondary N) is 1. The second-order valence-electron chi connectivity index (χ2n) is 5.95. The molecule has 0 bridgehead atoms. The van der Waals surface area contributed by atoms with Crippen LogP contribution in [0.3, 0.4) is 0 Å². The first-order chi connectivity index (χ1) is 12.1. The molecule has 6 heteroatoms. The van der Waals surface area contributed by atoms with Crippen LogP contribution in [-0.4, -0.2) is 23.4 Å². The highest BCUT2D eigenvalue weighted by molar-refractivity contribution is 9.10. The third-order valence-electron chi connectivity index (χ3n) is 4.24. The van der Waals surface area contributed by atoms with Crippen molar-refractivity contribution in [1.29, 1.82) is 0 Å². The van der Waals surface area contributed by atoms with Crippen LogP contribution in [0.5, 0.6) is 5.75 Å². The van der Waals surface area contributed by atoms with E-state index in [4.69, 9.17) is 4.74 Å². The number of H-pyrrole nitrogens is 1. The molecular weight excluding hydrogens is 384 g/mol. The van der Waals surface area contributed by atoms with E-state index < -0.39 is 5.97 Å². The Labute approximate surface area is 152 Å². The van der Waals surface area contributed by atoms with Crippen molar-refractivity contribution in [3.8, 4) is 5.75 Å². The number of benzene rings is 2. The van der Waals surface area contributed by atoms with Crippen molar-refractivity contribution >= 4 is 44.4 Å². The van der Waals surface area contributed by atoms with Gasteiger partial charge in [-0.25, -0.2) is 4.79 Å². The fourth-order valence-corrected chi connectivity index (χ4v) is 3.35. The molecule has 1 aliphatic rings. The zero-order valence-corrected chi connectivity index (χ0v) is 14.9. The van der Waals surface area contributed by atoms with E-state index >= 15 is 0 Å². The zero-order chi connectivity index (χ0) is 17.4. The van der Waals surface area contributed by atoms with Crippen LogP contribution < -0.4 is 9.64 Å². The lowest BCUT2D eigenvalue weighted by molar-refractivity contribution is -0.117. The SMILES string of the molecule is O=C(Oc1ccc(N2CCCC2=O)cc1)c1cc2ccc(Br)cc2[nH]1. The summed E-state index contributed by atoms with van der Waals surface area (Å²) in [5.74, 6) is 0.131. The smallest absolute Gasteiger partial charge is 0.360 e. The minimum absolute atomic E-state index is 0.133. The number of hydrogen-bond acceptors (Lipinski definition) is 3. The third-order valence-corrected chi connectivity index (χ3v) is 4.73. The van der Waals surface area contributed by atoms with Gasteiger partial charge in [0.15, 0.2) is 0 Å². The number of aromatic nitrogens is 1. The first-order valence-electron chi connectivity index (χ1n) is 8.01. The molecule has 1 fully saturated rings. The number of esters is 1. The lowest BCUT2D eigenvalue weighted by Crippen LogP contribution is -2.23. The Balaban J connectivity index is 1.50. The third kappa shape index (κ3) is 3.17. The summed E-state index contributed by atoms with van der Waals surface area (Å²) < 4.78 is 6.36. The number of carbonyl (C=O) groups excluding carboxylic acids is 2. The van der Waals surface area contributed by atoms with Crippen molar-refractivity contribution in [2.75, 3.05) is 11.4 Å². The van der Waals surface area contributed by atoms with E-state index in [9.17, 15) is 9.59 Å². The largest absolute Gasteiger partial charge is 0.422 e. The van der Waals surface area contributed by atoms with Crippen molar-refractivity contribution in [1.82, 2.24) is 4.98 Å². The van der Waals surface area contributed by atoms with Crippen molar-refractivity contribution < 1.29 is 14.3 Å². The average Bonchev–Trinajstić information content (AvgIpc) is 3.21. The number of rotatable bonds is 3. The summed E-state index contributed by atoms with van der Waals surface area (Å²) in [5, 5.41) is 0.943. The van der Waals surface area contributed by atoms with Gasteiger partial charge in [-0.3, -0.25) is 4.79 Å². The van der Waals surface area contributed by atoms with Gasteiger partial charge in [-0.1, -0.05) is 22.0 Å². The molecule has 1 aromatic heterocycles. The normalized spacial score (nSPS) is 14.3. The molecule has 0 spiro atoms. The van der Waals surface area contributed by atoms with Crippen LogP contribution in [0.1, 0.15) is 23.3 Å². The lowest BCUT2D eigenvalue weighted by atomic mass is 10.2. The highest BCUT2D eigenvalue weighted by atomic mass is 79.9. The second-order valence-corrected chi connectivity index (χ2v) is 6.86. The Kier molecular flexibility index (Phi) is 4.05. The number of aromatic amines is 1. The van der Waals surface area contributed by atoms with Gasteiger partial charge in [0.1, 0.15) is 11.4 Å². The standard InChI is InChI=1S/C19H15BrN2O3/c20-13-4-3-12-10-17(21-16(12)11-13)19(24)25-15-7-5-14(6-8-15)22-9-1-2-18(22)23/h3-8,10-11,21H,1-2,9H2. The van der Waals surface area contributed by atoms with Crippen molar-refractivity contribution in [2.45, 2.75) is 12.8 Å². The number of nitrogens with zero attached hydrogens (tertiary/aromatic N) is 1. The molecule has 1 aliphatic heterocycles. The van der Waals surface area contributed by atoms with Crippen LogP contribution in [0.25, 0.3) is 10.9 Å². The minimum atomic E-state index is -0.447. The van der Waals surface area contributed by atoms with E-state index in [2.05, 4.69) is 20.9 Å². The van der Waals surface area contributed by atoms with Gasteiger partial charge >= 0.3 is 5.97 Å². The van der Waals surface area contributed by atoms with Crippen LogP contribution in [-0.2, 0) is 4.79 Å². The number of halogens is 1. The van der Waals surface area contributed by atoms with E-state index in [1.165, 1.54) is 0 Å². The molecule has 5 nitrogen and oxygen atoms in total. The van der Waals surface area contributed by atoms with Crippen LogP contribution in [0.4, 0.5) is 5.69 Å². The van der Waals surface area contributed by atoms with E-state index in [1.807, 2.05) is 18.2 Å². The summed E-state index contributed by atoms with van der Waals surface area (Å²) in [4.78, 5) is 28.9. The van der Waals surface area contributed by atoms with Crippen molar-refractivity contribution in [2.24, 2.45) is 0 Å². The van der Waals surface area contributed by atoms with Crippen LogP contribution in [0, 0.1) is 0 Å². The number of amides is 1. The number of anilines is 1. The molecule has 4 rings (SSSR count). The Hall–Kier alpha value is -2.60. The van der Waals surface area contributed by atoms with Crippen LogP contribution >= 0.6 is 15.9 Å². The molecular formula is C19H15BrN2O3. The summed E-state index contributed by atoms with van der Waals surface area (Å²) in [6.07, 6.45) is 1.47. The lowest BCUT2D eigenvalue weighted by Gasteiger charge is -2.15. The molecule has 1 amide bonds. The van der Waals surface area contributed by atoms with Crippen molar-refractivity contribution in [3.05, 3.63) is 58.7 Å². The fraction of sp³-hybridized carbons (Fsp3) is 0.158.